The molecule has 20 heavy (non-hydrogen) atoms. The van der Waals surface area contributed by atoms with Crippen LogP contribution in [0.15, 0.2) is 4.52 Å². The molecule has 5 nitrogen and oxygen atoms in total. The molecule has 2 unspecified atom stereocenters. The second kappa shape index (κ2) is 5.45. The first-order valence-corrected chi connectivity index (χ1v) is 8.03. The van der Waals surface area contributed by atoms with Crippen molar-refractivity contribution in [1.29, 1.82) is 0 Å². The molecular weight excluding hydrogens is 254 g/mol. The van der Waals surface area contributed by atoms with E-state index in [1.165, 1.54) is 25.7 Å². The van der Waals surface area contributed by atoms with Gasteiger partial charge in [0, 0.05) is 37.6 Å². The summed E-state index contributed by atoms with van der Waals surface area (Å²) in [6.07, 6.45) is 8.24. The Morgan fingerprint density at radius 3 is 2.55 bits per heavy atom. The third kappa shape index (κ3) is 2.61. The SMILES string of the molecule is C1CC(c2noc(CC3CC4CCC(C3)N4)n2)CCO1. The summed E-state index contributed by atoms with van der Waals surface area (Å²) >= 11 is 0. The molecule has 3 saturated heterocycles. The molecule has 1 N–H and O–H groups in total. The lowest BCUT2D eigenvalue weighted by molar-refractivity contribution is 0.0830. The molecule has 1 aromatic rings. The number of rotatable bonds is 3. The van der Waals surface area contributed by atoms with Crippen molar-refractivity contribution in [2.75, 3.05) is 13.2 Å². The van der Waals surface area contributed by atoms with Gasteiger partial charge in [0.2, 0.25) is 5.89 Å². The van der Waals surface area contributed by atoms with Gasteiger partial charge in [-0.3, -0.25) is 0 Å². The molecule has 0 aromatic carbocycles. The van der Waals surface area contributed by atoms with Gasteiger partial charge in [0.15, 0.2) is 5.82 Å². The molecule has 3 aliphatic heterocycles. The fourth-order valence-corrected chi connectivity index (χ4v) is 4.06. The summed E-state index contributed by atoms with van der Waals surface area (Å²) in [6, 6.07) is 1.47. The maximum atomic E-state index is 5.49. The molecule has 0 radical (unpaired) electrons. The van der Waals surface area contributed by atoms with Crippen molar-refractivity contribution in [3.05, 3.63) is 11.7 Å². The van der Waals surface area contributed by atoms with Crippen molar-refractivity contribution in [1.82, 2.24) is 15.5 Å². The highest BCUT2D eigenvalue weighted by atomic mass is 16.5. The van der Waals surface area contributed by atoms with Gasteiger partial charge in [0.05, 0.1) is 0 Å². The average Bonchev–Trinajstić information content (AvgIpc) is 3.07. The molecule has 2 bridgehead atoms. The van der Waals surface area contributed by atoms with E-state index in [2.05, 4.69) is 15.5 Å². The first-order chi connectivity index (χ1) is 9.87. The molecule has 3 aliphatic rings. The van der Waals surface area contributed by atoms with E-state index < -0.39 is 0 Å². The van der Waals surface area contributed by atoms with Crippen LogP contribution >= 0.6 is 0 Å². The van der Waals surface area contributed by atoms with Crippen LogP contribution in [0.2, 0.25) is 0 Å². The fourth-order valence-electron chi connectivity index (χ4n) is 4.06. The Kier molecular flexibility index (Phi) is 3.48. The number of hydrogen-bond acceptors (Lipinski definition) is 5. The van der Waals surface area contributed by atoms with Gasteiger partial charge in [-0.05, 0) is 44.4 Å². The minimum Gasteiger partial charge on any atom is -0.381 e. The number of nitrogens with zero attached hydrogens (tertiary/aromatic N) is 2. The first kappa shape index (κ1) is 12.8. The predicted molar refractivity (Wildman–Crippen MR) is 73.5 cm³/mol. The zero-order chi connectivity index (χ0) is 13.4. The molecule has 0 aliphatic carbocycles. The Morgan fingerprint density at radius 2 is 1.80 bits per heavy atom. The van der Waals surface area contributed by atoms with Gasteiger partial charge >= 0.3 is 0 Å². The highest BCUT2D eigenvalue weighted by Gasteiger charge is 2.34. The minimum atomic E-state index is 0.436. The van der Waals surface area contributed by atoms with E-state index >= 15 is 0 Å². The fraction of sp³-hybridized carbons (Fsp3) is 0.867. The summed E-state index contributed by atoms with van der Waals surface area (Å²) in [6.45, 7) is 1.65. The van der Waals surface area contributed by atoms with Crippen LogP contribution in [0.25, 0.3) is 0 Å². The summed E-state index contributed by atoms with van der Waals surface area (Å²) in [5, 5.41) is 7.88. The van der Waals surface area contributed by atoms with E-state index in [1.54, 1.807) is 0 Å². The Morgan fingerprint density at radius 1 is 1.05 bits per heavy atom. The Bertz CT molecular complexity index is 444. The monoisotopic (exact) mass is 277 g/mol. The second-order valence-corrected chi connectivity index (χ2v) is 6.61. The third-order valence-corrected chi connectivity index (χ3v) is 5.10. The third-order valence-electron chi connectivity index (χ3n) is 5.10. The lowest BCUT2D eigenvalue weighted by Crippen LogP contribution is -2.38. The van der Waals surface area contributed by atoms with Gasteiger partial charge in [0.25, 0.3) is 0 Å². The van der Waals surface area contributed by atoms with Gasteiger partial charge in [-0.15, -0.1) is 0 Å². The Balaban J connectivity index is 1.38. The molecule has 0 spiro atoms. The van der Waals surface area contributed by atoms with E-state index in [0.29, 0.717) is 5.92 Å². The second-order valence-electron chi connectivity index (χ2n) is 6.61. The number of ether oxygens (including phenoxy) is 1. The van der Waals surface area contributed by atoms with Crippen LogP contribution in [0.5, 0.6) is 0 Å². The van der Waals surface area contributed by atoms with Crippen LogP contribution in [-0.4, -0.2) is 35.4 Å². The van der Waals surface area contributed by atoms with Gasteiger partial charge in [-0.1, -0.05) is 5.16 Å². The standard InChI is InChI=1S/C15H23N3O2/c1-2-13-8-10(7-12(1)16-13)9-14-17-15(18-20-14)11-3-5-19-6-4-11/h10-13,16H,1-9H2. The van der Waals surface area contributed by atoms with E-state index in [9.17, 15) is 0 Å². The van der Waals surface area contributed by atoms with Crippen molar-refractivity contribution in [3.8, 4) is 0 Å². The zero-order valence-corrected chi connectivity index (χ0v) is 11.9. The highest BCUT2D eigenvalue weighted by Crippen LogP contribution is 2.33. The summed E-state index contributed by atoms with van der Waals surface area (Å²) in [4.78, 5) is 4.64. The maximum Gasteiger partial charge on any atom is 0.226 e. The number of fused-ring (bicyclic) bond motifs is 2. The minimum absolute atomic E-state index is 0.436. The normalized spacial score (nSPS) is 34.5. The molecule has 3 fully saturated rings. The molecule has 4 rings (SSSR count). The van der Waals surface area contributed by atoms with Gasteiger partial charge in [0.1, 0.15) is 0 Å². The van der Waals surface area contributed by atoms with E-state index in [4.69, 9.17) is 9.26 Å². The lowest BCUT2D eigenvalue weighted by atomic mass is 9.90. The van der Waals surface area contributed by atoms with Gasteiger partial charge in [-0.25, -0.2) is 0 Å². The van der Waals surface area contributed by atoms with Crippen LogP contribution in [0, 0.1) is 5.92 Å². The zero-order valence-electron chi connectivity index (χ0n) is 11.9. The Hall–Kier alpha value is -0.940. The number of nitrogens with one attached hydrogen (secondary N) is 1. The molecule has 5 heteroatoms. The summed E-state index contributed by atoms with van der Waals surface area (Å²) in [5.41, 5.74) is 0. The first-order valence-electron chi connectivity index (χ1n) is 8.03. The van der Waals surface area contributed by atoms with Crippen LogP contribution < -0.4 is 5.32 Å². The van der Waals surface area contributed by atoms with Gasteiger partial charge in [-0.2, -0.15) is 4.98 Å². The maximum absolute atomic E-state index is 5.49. The molecule has 2 atom stereocenters. The highest BCUT2D eigenvalue weighted by molar-refractivity contribution is 4.99. The lowest BCUT2D eigenvalue weighted by Gasteiger charge is -2.28. The smallest absolute Gasteiger partial charge is 0.226 e. The molecule has 0 amide bonds. The van der Waals surface area contributed by atoms with Crippen LogP contribution in [0.3, 0.4) is 0 Å². The van der Waals surface area contributed by atoms with E-state index in [0.717, 1.165) is 62.2 Å². The quantitative estimate of drug-likeness (QED) is 0.916. The van der Waals surface area contributed by atoms with Crippen molar-refractivity contribution < 1.29 is 9.26 Å². The molecule has 110 valence electrons. The largest absolute Gasteiger partial charge is 0.381 e. The molecular formula is C15H23N3O2. The van der Waals surface area contributed by atoms with Crippen molar-refractivity contribution in [3.63, 3.8) is 0 Å². The number of hydrogen-bond donors (Lipinski definition) is 1. The van der Waals surface area contributed by atoms with E-state index in [1.807, 2.05) is 0 Å². The van der Waals surface area contributed by atoms with Crippen molar-refractivity contribution in [2.45, 2.75) is 62.9 Å². The van der Waals surface area contributed by atoms with Crippen molar-refractivity contribution >= 4 is 0 Å². The summed E-state index contributed by atoms with van der Waals surface area (Å²) in [5.74, 6) is 2.90. The average molecular weight is 277 g/mol. The summed E-state index contributed by atoms with van der Waals surface area (Å²) in [7, 11) is 0. The number of piperidine rings is 1. The topological polar surface area (TPSA) is 60.2 Å². The van der Waals surface area contributed by atoms with Crippen LogP contribution in [-0.2, 0) is 11.2 Å². The summed E-state index contributed by atoms with van der Waals surface area (Å²) < 4.78 is 10.9. The predicted octanol–water partition coefficient (Wildman–Crippen LogP) is 2.04. The van der Waals surface area contributed by atoms with Crippen LogP contribution in [0.1, 0.15) is 56.2 Å². The number of aromatic nitrogens is 2. The Labute approximate surface area is 119 Å². The molecule has 1 aromatic heterocycles. The van der Waals surface area contributed by atoms with Crippen molar-refractivity contribution in [2.24, 2.45) is 5.92 Å². The van der Waals surface area contributed by atoms with E-state index in [-0.39, 0.29) is 0 Å². The van der Waals surface area contributed by atoms with Gasteiger partial charge < -0.3 is 14.6 Å². The van der Waals surface area contributed by atoms with Crippen LogP contribution in [0.4, 0.5) is 0 Å². The molecule has 0 saturated carbocycles. The molecule has 4 heterocycles.